The SMILES string of the molecule is Cc1ccc(NC(=O)c2ccoc2C)cc1C(F)(F)F. The third-order valence-electron chi connectivity index (χ3n) is 2.90. The van der Waals surface area contributed by atoms with E-state index in [0.717, 1.165) is 6.07 Å². The van der Waals surface area contributed by atoms with Gasteiger partial charge in [-0.2, -0.15) is 13.2 Å². The molecule has 0 unspecified atom stereocenters. The Morgan fingerprint density at radius 2 is 1.90 bits per heavy atom. The van der Waals surface area contributed by atoms with E-state index in [2.05, 4.69) is 5.32 Å². The van der Waals surface area contributed by atoms with Crippen LogP contribution in [0.5, 0.6) is 0 Å². The Kier molecular flexibility index (Phi) is 3.57. The summed E-state index contributed by atoms with van der Waals surface area (Å²) in [6.07, 6.45) is -3.10. The molecular formula is C14H12F3NO2. The number of hydrogen-bond donors (Lipinski definition) is 1. The maximum atomic E-state index is 12.8. The van der Waals surface area contributed by atoms with Gasteiger partial charge in [-0.25, -0.2) is 0 Å². The topological polar surface area (TPSA) is 42.2 Å². The molecule has 0 bridgehead atoms. The van der Waals surface area contributed by atoms with Crippen LogP contribution >= 0.6 is 0 Å². The summed E-state index contributed by atoms with van der Waals surface area (Å²) < 4.78 is 43.3. The largest absolute Gasteiger partial charge is 0.469 e. The van der Waals surface area contributed by atoms with Crippen LogP contribution in [0.3, 0.4) is 0 Å². The lowest BCUT2D eigenvalue weighted by atomic mass is 10.1. The molecule has 0 aliphatic heterocycles. The number of nitrogens with one attached hydrogen (secondary N) is 1. The van der Waals surface area contributed by atoms with Crippen LogP contribution in [0.25, 0.3) is 0 Å². The molecule has 1 amide bonds. The van der Waals surface area contributed by atoms with Gasteiger partial charge in [-0.15, -0.1) is 0 Å². The Morgan fingerprint density at radius 3 is 2.45 bits per heavy atom. The minimum absolute atomic E-state index is 0.0912. The number of aryl methyl sites for hydroxylation is 2. The van der Waals surface area contributed by atoms with Crippen LogP contribution in [-0.2, 0) is 6.18 Å². The fourth-order valence-corrected chi connectivity index (χ4v) is 1.82. The maximum absolute atomic E-state index is 12.8. The van der Waals surface area contributed by atoms with Crippen molar-refractivity contribution in [1.82, 2.24) is 0 Å². The number of furan rings is 1. The van der Waals surface area contributed by atoms with Gasteiger partial charge in [0.25, 0.3) is 5.91 Å². The van der Waals surface area contributed by atoms with Crippen molar-refractivity contribution in [2.24, 2.45) is 0 Å². The molecule has 3 nitrogen and oxygen atoms in total. The average Bonchev–Trinajstić information content (AvgIpc) is 2.76. The molecule has 0 atom stereocenters. The number of anilines is 1. The van der Waals surface area contributed by atoms with Crippen LogP contribution in [0.1, 0.15) is 27.2 Å². The van der Waals surface area contributed by atoms with Crippen molar-refractivity contribution in [3.63, 3.8) is 0 Å². The van der Waals surface area contributed by atoms with E-state index in [-0.39, 0.29) is 11.3 Å². The zero-order valence-corrected chi connectivity index (χ0v) is 10.8. The minimum atomic E-state index is -4.45. The molecule has 0 fully saturated rings. The molecule has 6 heteroatoms. The number of rotatable bonds is 2. The second-order valence-electron chi connectivity index (χ2n) is 4.37. The van der Waals surface area contributed by atoms with Gasteiger partial charge in [0, 0.05) is 5.69 Å². The fraction of sp³-hybridized carbons (Fsp3) is 0.214. The van der Waals surface area contributed by atoms with Crippen molar-refractivity contribution in [2.75, 3.05) is 5.32 Å². The molecule has 0 saturated heterocycles. The zero-order valence-electron chi connectivity index (χ0n) is 10.8. The number of carbonyl (C=O) groups excluding carboxylic acids is 1. The lowest BCUT2D eigenvalue weighted by Gasteiger charge is -2.12. The van der Waals surface area contributed by atoms with E-state index in [0.29, 0.717) is 11.3 Å². The van der Waals surface area contributed by atoms with Gasteiger partial charge in [-0.05, 0) is 37.6 Å². The van der Waals surface area contributed by atoms with Crippen LogP contribution in [0, 0.1) is 13.8 Å². The maximum Gasteiger partial charge on any atom is 0.416 e. The molecule has 1 heterocycles. The molecule has 0 aliphatic rings. The van der Waals surface area contributed by atoms with Gasteiger partial charge in [-0.3, -0.25) is 4.79 Å². The van der Waals surface area contributed by atoms with E-state index in [1.54, 1.807) is 6.92 Å². The highest BCUT2D eigenvalue weighted by Crippen LogP contribution is 2.33. The zero-order chi connectivity index (χ0) is 14.9. The molecule has 1 aromatic carbocycles. The molecule has 0 saturated carbocycles. The van der Waals surface area contributed by atoms with Crippen molar-refractivity contribution in [2.45, 2.75) is 20.0 Å². The molecule has 1 aromatic heterocycles. The van der Waals surface area contributed by atoms with E-state index in [1.165, 1.54) is 31.4 Å². The van der Waals surface area contributed by atoms with Crippen molar-refractivity contribution in [1.29, 1.82) is 0 Å². The smallest absolute Gasteiger partial charge is 0.416 e. The molecule has 1 N–H and O–H groups in total. The lowest BCUT2D eigenvalue weighted by Crippen LogP contribution is -2.14. The number of hydrogen-bond acceptors (Lipinski definition) is 2. The summed E-state index contributed by atoms with van der Waals surface area (Å²) in [6.45, 7) is 2.97. The monoisotopic (exact) mass is 283 g/mol. The van der Waals surface area contributed by atoms with Crippen molar-refractivity contribution >= 4 is 11.6 Å². The highest BCUT2D eigenvalue weighted by atomic mass is 19.4. The number of benzene rings is 1. The van der Waals surface area contributed by atoms with E-state index >= 15 is 0 Å². The van der Waals surface area contributed by atoms with E-state index in [9.17, 15) is 18.0 Å². The first kappa shape index (κ1) is 14.2. The molecular weight excluding hydrogens is 271 g/mol. The summed E-state index contributed by atoms with van der Waals surface area (Å²) in [4.78, 5) is 11.9. The van der Waals surface area contributed by atoms with Gasteiger partial charge < -0.3 is 9.73 Å². The summed E-state index contributed by atoms with van der Waals surface area (Å²) in [5.74, 6) is -0.0983. The minimum Gasteiger partial charge on any atom is -0.469 e. The number of alkyl halides is 3. The lowest BCUT2D eigenvalue weighted by molar-refractivity contribution is -0.138. The Hall–Kier alpha value is -2.24. The molecule has 0 radical (unpaired) electrons. The second kappa shape index (κ2) is 5.03. The summed E-state index contributed by atoms with van der Waals surface area (Å²) in [7, 11) is 0. The van der Waals surface area contributed by atoms with Gasteiger partial charge in [0.1, 0.15) is 5.76 Å². The van der Waals surface area contributed by atoms with Crippen molar-refractivity contribution < 1.29 is 22.4 Å². The normalized spacial score (nSPS) is 11.4. The summed E-state index contributed by atoms with van der Waals surface area (Å²) in [5, 5.41) is 2.43. The fourth-order valence-electron chi connectivity index (χ4n) is 1.82. The van der Waals surface area contributed by atoms with E-state index < -0.39 is 17.6 Å². The first-order chi connectivity index (χ1) is 9.29. The number of amides is 1. The highest BCUT2D eigenvalue weighted by Gasteiger charge is 2.32. The quantitative estimate of drug-likeness (QED) is 0.898. The predicted octanol–water partition coefficient (Wildman–Crippen LogP) is 4.17. The molecule has 20 heavy (non-hydrogen) atoms. The van der Waals surface area contributed by atoms with E-state index in [4.69, 9.17) is 4.42 Å². The third kappa shape index (κ3) is 2.84. The number of carbonyl (C=O) groups is 1. The summed E-state index contributed by atoms with van der Waals surface area (Å²) in [6, 6.07) is 5.13. The molecule has 0 spiro atoms. The Bertz CT molecular complexity index is 644. The van der Waals surface area contributed by atoms with E-state index in [1.807, 2.05) is 0 Å². The second-order valence-corrected chi connectivity index (χ2v) is 4.37. The molecule has 0 aliphatic carbocycles. The summed E-state index contributed by atoms with van der Waals surface area (Å²) in [5.41, 5.74) is -0.276. The highest BCUT2D eigenvalue weighted by molar-refractivity contribution is 6.04. The molecule has 2 rings (SSSR count). The first-order valence-electron chi connectivity index (χ1n) is 5.82. The third-order valence-corrected chi connectivity index (χ3v) is 2.90. The van der Waals surface area contributed by atoms with Crippen LogP contribution < -0.4 is 5.32 Å². The first-order valence-corrected chi connectivity index (χ1v) is 5.82. The summed E-state index contributed by atoms with van der Waals surface area (Å²) >= 11 is 0. The van der Waals surface area contributed by atoms with Crippen LogP contribution in [0.4, 0.5) is 18.9 Å². The Balaban J connectivity index is 2.27. The standard InChI is InChI=1S/C14H12F3NO2/c1-8-3-4-10(7-12(8)14(15,16)17)18-13(19)11-5-6-20-9(11)2/h3-7H,1-2H3,(H,18,19). The van der Waals surface area contributed by atoms with Crippen LogP contribution in [0.15, 0.2) is 34.9 Å². The van der Waals surface area contributed by atoms with Gasteiger partial charge in [0.15, 0.2) is 0 Å². The molecule has 106 valence electrons. The predicted molar refractivity (Wildman–Crippen MR) is 67.6 cm³/mol. The van der Waals surface area contributed by atoms with Gasteiger partial charge >= 0.3 is 6.18 Å². The molecule has 2 aromatic rings. The Morgan fingerprint density at radius 1 is 1.20 bits per heavy atom. The Labute approximate surface area is 113 Å². The average molecular weight is 283 g/mol. The van der Waals surface area contributed by atoms with Crippen molar-refractivity contribution in [3.05, 3.63) is 53.0 Å². The number of halogens is 3. The van der Waals surface area contributed by atoms with Crippen LogP contribution in [0.2, 0.25) is 0 Å². The van der Waals surface area contributed by atoms with Gasteiger partial charge in [-0.1, -0.05) is 6.07 Å². The van der Waals surface area contributed by atoms with Crippen molar-refractivity contribution in [3.8, 4) is 0 Å². The van der Waals surface area contributed by atoms with Crippen LogP contribution in [-0.4, -0.2) is 5.91 Å². The van der Waals surface area contributed by atoms with Gasteiger partial charge in [0.05, 0.1) is 17.4 Å². The van der Waals surface area contributed by atoms with Gasteiger partial charge in [0.2, 0.25) is 0 Å².